The Morgan fingerprint density at radius 3 is 2.53 bits per heavy atom. The molecule has 0 bridgehead atoms. The van der Waals surface area contributed by atoms with Gasteiger partial charge in [-0.15, -0.1) is 0 Å². The summed E-state index contributed by atoms with van der Waals surface area (Å²) in [7, 11) is 3.28. The first kappa shape index (κ1) is 24.1. The standard InChI is InChI=1S/C25H29NO4S2/c1-16(2)19-11-10-17(3)14-21(19)29-12-7-13-30-23-18(8-6-9-20(23)28-5)15-22-24(27)26(4)25(31)32-22/h6,8-11,14-16H,7,12-13H2,1-5H3. The van der Waals surface area contributed by atoms with Crippen molar-refractivity contribution in [2.75, 3.05) is 27.4 Å². The second-order valence-electron chi connectivity index (χ2n) is 7.87. The fourth-order valence-electron chi connectivity index (χ4n) is 3.31. The van der Waals surface area contributed by atoms with Crippen LogP contribution in [0.3, 0.4) is 0 Å². The van der Waals surface area contributed by atoms with Gasteiger partial charge in [0.2, 0.25) is 0 Å². The quantitative estimate of drug-likeness (QED) is 0.261. The normalized spacial score (nSPS) is 15.1. The van der Waals surface area contributed by atoms with E-state index in [2.05, 4.69) is 39.0 Å². The van der Waals surface area contributed by atoms with E-state index in [4.69, 9.17) is 26.4 Å². The summed E-state index contributed by atoms with van der Waals surface area (Å²) >= 11 is 6.51. The molecular weight excluding hydrogens is 442 g/mol. The van der Waals surface area contributed by atoms with E-state index in [1.165, 1.54) is 27.8 Å². The highest BCUT2D eigenvalue weighted by atomic mass is 32.2. The van der Waals surface area contributed by atoms with Crippen molar-refractivity contribution in [1.82, 2.24) is 4.90 Å². The van der Waals surface area contributed by atoms with E-state index >= 15 is 0 Å². The third kappa shape index (κ3) is 5.64. The number of thioether (sulfide) groups is 1. The van der Waals surface area contributed by atoms with Gasteiger partial charge < -0.3 is 14.2 Å². The molecule has 1 fully saturated rings. The minimum absolute atomic E-state index is 0.110. The molecule has 5 nitrogen and oxygen atoms in total. The third-order valence-electron chi connectivity index (χ3n) is 5.09. The Bertz CT molecular complexity index is 1030. The Labute approximate surface area is 199 Å². The number of ether oxygens (including phenoxy) is 3. The topological polar surface area (TPSA) is 48.0 Å². The van der Waals surface area contributed by atoms with Crippen LogP contribution in [0.2, 0.25) is 0 Å². The van der Waals surface area contributed by atoms with Gasteiger partial charge in [-0.25, -0.2) is 0 Å². The van der Waals surface area contributed by atoms with Crippen LogP contribution < -0.4 is 14.2 Å². The van der Waals surface area contributed by atoms with Gasteiger partial charge in [0, 0.05) is 19.0 Å². The maximum Gasteiger partial charge on any atom is 0.265 e. The van der Waals surface area contributed by atoms with E-state index in [1.54, 1.807) is 20.2 Å². The molecule has 0 saturated carbocycles. The molecule has 1 heterocycles. The molecule has 0 aromatic heterocycles. The Balaban J connectivity index is 1.66. The van der Waals surface area contributed by atoms with Crippen LogP contribution in [0, 0.1) is 6.92 Å². The first-order chi connectivity index (χ1) is 15.3. The van der Waals surface area contributed by atoms with Crippen LogP contribution in [0.5, 0.6) is 17.2 Å². The molecule has 0 atom stereocenters. The first-order valence-electron chi connectivity index (χ1n) is 10.6. The van der Waals surface area contributed by atoms with Crippen molar-refractivity contribution in [2.24, 2.45) is 0 Å². The number of hydrogen-bond donors (Lipinski definition) is 0. The summed E-state index contributed by atoms with van der Waals surface area (Å²) in [5.74, 6) is 2.44. The molecule has 170 valence electrons. The number of amides is 1. The number of aryl methyl sites for hydroxylation is 1. The lowest BCUT2D eigenvalue weighted by molar-refractivity contribution is -0.121. The van der Waals surface area contributed by atoms with Crippen molar-refractivity contribution in [3.05, 3.63) is 58.0 Å². The fourth-order valence-corrected chi connectivity index (χ4v) is 4.48. The van der Waals surface area contributed by atoms with Crippen LogP contribution in [-0.4, -0.2) is 42.5 Å². The summed E-state index contributed by atoms with van der Waals surface area (Å²) in [5, 5.41) is 0. The molecule has 3 rings (SSSR count). The molecular formula is C25H29NO4S2. The second-order valence-corrected chi connectivity index (χ2v) is 9.54. The highest BCUT2D eigenvalue weighted by Crippen LogP contribution is 2.37. The Morgan fingerprint density at radius 2 is 1.88 bits per heavy atom. The second kappa shape index (κ2) is 10.9. The molecule has 1 amide bonds. The average molecular weight is 472 g/mol. The Hall–Kier alpha value is -2.51. The van der Waals surface area contributed by atoms with Crippen molar-refractivity contribution < 1.29 is 19.0 Å². The van der Waals surface area contributed by atoms with E-state index in [9.17, 15) is 4.79 Å². The molecule has 0 aliphatic carbocycles. The van der Waals surface area contributed by atoms with Crippen LogP contribution in [0.25, 0.3) is 6.08 Å². The highest BCUT2D eigenvalue weighted by Gasteiger charge is 2.29. The number of rotatable bonds is 9. The van der Waals surface area contributed by atoms with E-state index in [1.807, 2.05) is 18.2 Å². The predicted molar refractivity (Wildman–Crippen MR) is 135 cm³/mol. The minimum atomic E-state index is -0.110. The Kier molecular flexibility index (Phi) is 8.21. The van der Waals surface area contributed by atoms with Gasteiger partial charge in [0.05, 0.1) is 25.2 Å². The molecule has 1 saturated heterocycles. The molecule has 1 aliphatic heterocycles. The third-order valence-corrected chi connectivity index (χ3v) is 6.57. The maximum atomic E-state index is 12.4. The van der Waals surface area contributed by atoms with Crippen molar-refractivity contribution in [2.45, 2.75) is 33.1 Å². The Morgan fingerprint density at radius 1 is 1.12 bits per heavy atom. The number of methoxy groups -OCH3 is 1. The van der Waals surface area contributed by atoms with Gasteiger partial charge in [-0.05, 0) is 42.2 Å². The van der Waals surface area contributed by atoms with E-state index in [0.717, 1.165) is 11.3 Å². The fraction of sp³-hybridized carbons (Fsp3) is 0.360. The average Bonchev–Trinajstić information content (AvgIpc) is 3.00. The summed E-state index contributed by atoms with van der Waals surface area (Å²) in [6.07, 6.45) is 2.51. The zero-order chi connectivity index (χ0) is 23.3. The summed E-state index contributed by atoms with van der Waals surface area (Å²) in [5.41, 5.74) is 3.16. The number of likely N-dealkylation sites (N-methyl/N-ethyl adjacent to an activating group) is 1. The minimum Gasteiger partial charge on any atom is -0.493 e. The van der Waals surface area contributed by atoms with Crippen molar-refractivity contribution in [3.8, 4) is 17.2 Å². The van der Waals surface area contributed by atoms with Crippen LogP contribution in [0.15, 0.2) is 41.3 Å². The molecule has 0 spiro atoms. The molecule has 0 N–H and O–H groups in total. The number of para-hydroxylation sites is 1. The number of carbonyl (C=O) groups excluding carboxylic acids is 1. The number of hydrogen-bond acceptors (Lipinski definition) is 6. The summed E-state index contributed by atoms with van der Waals surface area (Å²) in [4.78, 5) is 14.4. The van der Waals surface area contributed by atoms with Crippen molar-refractivity contribution >= 4 is 40.3 Å². The van der Waals surface area contributed by atoms with Gasteiger partial charge in [0.25, 0.3) is 5.91 Å². The SMILES string of the molecule is COc1cccc(C=C2SC(=S)N(C)C2=O)c1OCCCOc1cc(C)ccc1C(C)C. The molecule has 2 aromatic rings. The number of carbonyl (C=O) groups is 1. The smallest absolute Gasteiger partial charge is 0.265 e. The summed E-state index contributed by atoms with van der Waals surface area (Å²) < 4.78 is 18.2. The predicted octanol–water partition coefficient (Wildman–Crippen LogP) is 5.81. The molecule has 0 radical (unpaired) electrons. The monoisotopic (exact) mass is 471 g/mol. The summed E-state index contributed by atoms with van der Waals surface area (Å²) in [6, 6.07) is 11.9. The van der Waals surface area contributed by atoms with Crippen LogP contribution >= 0.6 is 24.0 Å². The zero-order valence-corrected chi connectivity index (χ0v) is 20.8. The summed E-state index contributed by atoms with van der Waals surface area (Å²) in [6.45, 7) is 7.39. The van der Waals surface area contributed by atoms with Crippen LogP contribution in [0.4, 0.5) is 0 Å². The molecule has 2 aromatic carbocycles. The molecule has 7 heteroatoms. The number of nitrogens with zero attached hydrogens (tertiary/aromatic N) is 1. The van der Waals surface area contributed by atoms with E-state index in [-0.39, 0.29) is 5.91 Å². The first-order valence-corrected chi connectivity index (χ1v) is 11.8. The van der Waals surface area contributed by atoms with Gasteiger partial charge in [0.15, 0.2) is 11.5 Å². The largest absolute Gasteiger partial charge is 0.493 e. The van der Waals surface area contributed by atoms with E-state index in [0.29, 0.717) is 46.3 Å². The van der Waals surface area contributed by atoms with Gasteiger partial charge >= 0.3 is 0 Å². The number of benzene rings is 2. The van der Waals surface area contributed by atoms with Gasteiger partial charge in [-0.3, -0.25) is 9.69 Å². The molecule has 32 heavy (non-hydrogen) atoms. The molecule has 0 unspecified atom stereocenters. The van der Waals surface area contributed by atoms with Crippen LogP contribution in [-0.2, 0) is 4.79 Å². The van der Waals surface area contributed by atoms with Crippen molar-refractivity contribution in [1.29, 1.82) is 0 Å². The van der Waals surface area contributed by atoms with Gasteiger partial charge in [-0.1, -0.05) is 62.1 Å². The van der Waals surface area contributed by atoms with Crippen molar-refractivity contribution in [3.63, 3.8) is 0 Å². The van der Waals surface area contributed by atoms with E-state index < -0.39 is 0 Å². The lowest BCUT2D eigenvalue weighted by atomic mass is 10.0. The zero-order valence-electron chi connectivity index (χ0n) is 19.1. The molecule has 1 aliphatic rings. The van der Waals surface area contributed by atoms with Gasteiger partial charge in [-0.2, -0.15) is 0 Å². The maximum absolute atomic E-state index is 12.4. The lowest BCUT2D eigenvalue weighted by Gasteiger charge is -2.16. The lowest BCUT2D eigenvalue weighted by Crippen LogP contribution is -2.22. The van der Waals surface area contributed by atoms with Crippen LogP contribution in [0.1, 0.15) is 42.9 Å². The van der Waals surface area contributed by atoms with Gasteiger partial charge in [0.1, 0.15) is 10.1 Å². The number of thiocarbonyl (C=S) groups is 1. The highest BCUT2D eigenvalue weighted by molar-refractivity contribution is 8.26.